The van der Waals surface area contributed by atoms with E-state index in [-0.39, 0.29) is 11.3 Å². The zero-order valence-electron chi connectivity index (χ0n) is 11.2. The van der Waals surface area contributed by atoms with Gasteiger partial charge in [0.25, 0.3) is 0 Å². The number of nitrogens with zero attached hydrogens (tertiary/aromatic N) is 2. The summed E-state index contributed by atoms with van der Waals surface area (Å²) in [7, 11) is 0. The molecule has 0 aromatic heterocycles. The van der Waals surface area contributed by atoms with Crippen LogP contribution >= 0.6 is 15.9 Å². The molecule has 7 heteroatoms. The zero-order chi connectivity index (χ0) is 15.6. The largest absolute Gasteiger partial charge is 0.335 e. The Morgan fingerprint density at radius 2 is 2.10 bits per heavy atom. The Labute approximate surface area is 129 Å². The van der Waals surface area contributed by atoms with Gasteiger partial charge in [-0.05, 0) is 24.6 Å². The SMILES string of the molecule is CCCC1C(=O)NC(=O)N(c2cc(Br)ccc2C#N)C1=O. The van der Waals surface area contributed by atoms with Crippen molar-refractivity contribution in [2.24, 2.45) is 5.92 Å². The van der Waals surface area contributed by atoms with E-state index in [0.29, 0.717) is 17.3 Å². The molecule has 2 rings (SSSR count). The molecular formula is C14H12BrN3O3. The summed E-state index contributed by atoms with van der Waals surface area (Å²) in [4.78, 5) is 37.0. The fourth-order valence-electron chi connectivity index (χ4n) is 2.17. The summed E-state index contributed by atoms with van der Waals surface area (Å²) in [5.74, 6) is -2.09. The first-order chi connectivity index (χ1) is 9.99. The number of imide groups is 2. The van der Waals surface area contributed by atoms with E-state index in [1.807, 2.05) is 13.0 Å². The van der Waals surface area contributed by atoms with Crippen molar-refractivity contribution in [3.63, 3.8) is 0 Å². The van der Waals surface area contributed by atoms with Crippen molar-refractivity contribution in [3.8, 4) is 6.07 Å². The summed E-state index contributed by atoms with van der Waals surface area (Å²) >= 11 is 3.24. The van der Waals surface area contributed by atoms with E-state index >= 15 is 0 Å². The Morgan fingerprint density at radius 3 is 2.71 bits per heavy atom. The lowest BCUT2D eigenvalue weighted by Crippen LogP contribution is -2.58. The highest BCUT2D eigenvalue weighted by Gasteiger charge is 2.41. The quantitative estimate of drug-likeness (QED) is 0.847. The lowest BCUT2D eigenvalue weighted by Gasteiger charge is -2.30. The van der Waals surface area contributed by atoms with Crippen molar-refractivity contribution >= 4 is 39.5 Å². The highest BCUT2D eigenvalue weighted by molar-refractivity contribution is 9.10. The second kappa shape index (κ2) is 6.06. The van der Waals surface area contributed by atoms with Crippen LogP contribution in [0.5, 0.6) is 0 Å². The van der Waals surface area contributed by atoms with E-state index in [0.717, 1.165) is 4.90 Å². The third-order valence-electron chi connectivity index (χ3n) is 3.17. The molecule has 21 heavy (non-hydrogen) atoms. The average Bonchev–Trinajstić information content (AvgIpc) is 2.43. The summed E-state index contributed by atoms with van der Waals surface area (Å²) in [5.41, 5.74) is 0.356. The summed E-state index contributed by atoms with van der Waals surface area (Å²) in [5, 5.41) is 11.3. The molecule has 1 unspecified atom stereocenters. The van der Waals surface area contributed by atoms with Crippen molar-refractivity contribution in [3.05, 3.63) is 28.2 Å². The topological polar surface area (TPSA) is 90.3 Å². The van der Waals surface area contributed by atoms with Crippen molar-refractivity contribution in [1.29, 1.82) is 5.26 Å². The number of carbonyl (C=O) groups excluding carboxylic acids is 3. The smallest absolute Gasteiger partial charge is 0.277 e. The van der Waals surface area contributed by atoms with Gasteiger partial charge in [-0.2, -0.15) is 5.26 Å². The van der Waals surface area contributed by atoms with E-state index < -0.39 is 23.8 Å². The van der Waals surface area contributed by atoms with Gasteiger partial charge in [0, 0.05) is 4.47 Å². The Kier molecular flexibility index (Phi) is 4.38. The van der Waals surface area contributed by atoms with Gasteiger partial charge in [-0.25, -0.2) is 9.69 Å². The molecular weight excluding hydrogens is 338 g/mol. The average molecular weight is 350 g/mol. The molecule has 1 aliphatic rings. The highest BCUT2D eigenvalue weighted by atomic mass is 79.9. The minimum absolute atomic E-state index is 0.169. The van der Waals surface area contributed by atoms with Gasteiger partial charge in [-0.3, -0.25) is 14.9 Å². The van der Waals surface area contributed by atoms with E-state index in [2.05, 4.69) is 21.2 Å². The molecule has 0 bridgehead atoms. The number of amides is 4. The molecule has 6 nitrogen and oxygen atoms in total. The minimum Gasteiger partial charge on any atom is -0.277 e. The molecule has 0 aliphatic carbocycles. The molecule has 1 aliphatic heterocycles. The van der Waals surface area contributed by atoms with Crippen LogP contribution in [0.3, 0.4) is 0 Å². The predicted molar refractivity (Wildman–Crippen MR) is 78.3 cm³/mol. The number of rotatable bonds is 3. The molecule has 1 aromatic carbocycles. The van der Waals surface area contributed by atoms with E-state index in [1.165, 1.54) is 12.1 Å². The number of carbonyl (C=O) groups is 3. The zero-order valence-corrected chi connectivity index (χ0v) is 12.8. The number of barbiturate groups is 1. The maximum Gasteiger partial charge on any atom is 0.335 e. The first-order valence-electron chi connectivity index (χ1n) is 6.38. The molecule has 1 heterocycles. The van der Waals surface area contributed by atoms with E-state index in [4.69, 9.17) is 5.26 Å². The Bertz CT molecular complexity index is 666. The molecule has 0 radical (unpaired) electrons. The summed E-state index contributed by atoms with van der Waals surface area (Å²) < 4.78 is 0.626. The molecule has 1 atom stereocenters. The Hall–Kier alpha value is -2.20. The first-order valence-corrected chi connectivity index (χ1v) is 7.17. The number of benzene rings is 1. The molecule has 0 saturated carbocycles. The lowest BCUT2D eigenvalue weighted by atomic mass is 9.98. The van der Waals surface area contributed by atoms with Gasteiger partial charge in [0.15, 0.2) is 0 Å². The summed E-state index contributed by atoms with van der Waals surface area (Å²) in [6, 6.07) is 5.77. The molecule has 1 aromatic rings. The predicted octanol–water partition coefficient (Wildman–Crippen LogP) is 2.32. The third kappa shape index (κ3) is 2.81. The van der Waals surface area contributed by atoms with Crippen LogP contribution in [0.1, 0.15) is 25.3 Å². The van der Waals surface area contributed by atoms with Crippen molar-refractivity contribution in [2.75, 3.05) is 4.90 Å². The molecule has 1 N–H and O–H groups in total. The monoisotopic (exact) mass is 349 g/mol. The van der Waals surface area contributed by atoms with Gasteiger partial charge < -0.3 is 0 Å². The maximum absolute atomic E-state index is 12.4. The van der Waals surface area contributed by atoms with Gasteiger partial charge in [-0.15, -0.1) is 0 Å². The fourth-order valence-corrected chi connectivity index (χ4v) is 2.52. The van der Waals surface area contributed by atoms with Crippen molar-refractivity contribution in [1.82, 2.24) is 5.32 Å². The van der Waals surface area contributed by atoms with Crippen LogP contribution < -0.4 is 10.2 Å². The van der Waals surface area contributed by atoms with Gasteiger partial charge >= 0.3 is 6.03 Å². The second-order valence-corrected chi connectivity index (χ2v) is 5.50. The van der Waals surface area contributed by atoms with Crippen LogP contribution in [0.15, 0.2) is 22.7 Å². The van der Waals surface area contributed by atoms with Crippen molar-refractivity contribution in [2.45, 2.75) is 19.8 Å². The fraction of sp³-hybridized carbons (Fsp3) is 0.286. The summed E-state index contributed by atoms with van der Waals surface area (Å²) in [6.07, 6.45) is 0.986. The highest BCUT2D eigenvalue weighted by Crippen LogP contribution is 2.28. The molecule has 1 saturated heterocycles. The maximum atomic E-state index is 12.4. The molecule has 1 fully saturated rings. The van der Waals surface area contributed by atoms with Crippen molar-refractivity contribution < 1.29 is 14.4 Å². The number of urea groups is 1. The van der Waals surface area contributed by atoms with Gasteiger partial charge in [0.05, 0.1) is 11.3 Å². The van der Waals surface area contributed by atoms with Gasteiger partial charge in [-0.1, -0.05) is 29.3 Å². The number of halogens is 1. The normalized spacial score (nSPS) is 18.4. The Morgan fingerprint density at radius 1 is 1.38 bits per heavy atom. The molecule has 108 valence electrons. The number of nitrogens with one attached hydrogen (secondary N) is 1. The number of hydrogen-bond acceptors (Lipinski definition) is 4. The van der Waals surface area contributed by atoms with Crippen LogP contribution in [0.25, 0.3) is 0 Å². The van der Waals surface area contributed by atoms with Crippen LogP contribution in [0.4, 0.5) is 10.5 Å². The Balaban J connectivity index is 2.49. The standard InChI is InChI=1S/C14H12BrN3O3/c1-2-3-10-12(19)17-14(21)18(13(10)20)11-6-9(15)5-4-8(11)7-16/h4-6,10H,2-3H2,1H3,(H,17,19,21). The molecule has 4 amide bonds. The number of nitriles is 1. The minimum atomic E-state index is -0.904. The summed E-state index contributed by atoms with van der Waals surface area (Å²) in [6.45, 7) is 1.85. The first kappa shape index (κ1) is 15.2. The number of hydrogen-bond donors (Lipinski definition) is 1. The van der Waals surface area contributed by atoms with Crippen LogP contribution in [-0.4, -0.2) is 17.8 Å². The number of anilines is 1. The van der Waals surface area contributed by atoms with Crippen LogP contribution in [0, 0.1) is 17.2 Å². The van der Waals surface area contributed by atoms with Gasteiger partial charge in [0.1, 0.15) is 12.0 Å². The second-order valence-electron chi connectivity index (χ2n) is 4.58. The molecule has 0 spiro atoms. The van der Waals surface area contributed by atoms with Gasteiger partial charge in [0.2, 0.25) is 11.8 Å². The van der Waals surface area contributed by atoms with E-state index in [1.54, 1.807) is 6.07 Å². The lowest BCUT2D eigenvalue weighted by molar-refractivity contribution is -0.134. The van der Waals surface area contributed by atoms with E-state index in [9.17, 15) is 14.4 Å². The van der Waals surface area contributed by atoms with Crippen LogP contribution in [-0.2, 0) is 9.59 Å². The third-order valence-corrected chi connectivity index (χ3v) is 3.66. The van der Waals surface area contributed by atoms with Crippen LogP contribution in [0.2, 0.25) is 0 Å².